The van der Waals surface area contributed by atoms with Crippen molar-refractivity contribution in [3.05, 3.63) is 24.7 Å². The molecule has 0 radical (unpaired) electrons. The third-order valence-corrected chi connectivity index (χ3v) is 0.895. The van der Waals surface area contributed by atoms with Crippen LogP contribution in [0.4, 0.5) is 0 Å². The second-order valence-corrected chi connectivity index (χ2v) is 2.78. The Kier molecular flexibility index (Phi) is 10.5. The Morgan fingerprint density at radius 2 is 1.62 bits per heavy atom. The fourth-order valence-corrected chi connectivity index (χ4v) is 0.556. The fraction of sp³-hybridized carbons (Fsp3) is 0.600. The van der Waals surface area contributed by atoms with E-state index in [9.17, 15) is 0 Å². The molecule has 0 amide bonds. The van der Waals surface area contributed by atoms with Crippen LogP contribution in [-0.4, -0.2) is 16.5 Å². The van der Waals surface area contributed by atoms with Crippen LogP contribution in [0.15, 0.2) is 24.7 Å². The average molecular weight is 188 g/mol. The summed E-state index contributed by atoms with van der Waals surface area (Å²) in [5, 5.41) is 16.2. The van der Waals surface area contributed by atoms with E-state index in [1.165, 1.54) is 0 Å². The Bertz CT molecular complexity index is 138. The van der Waals surface area contributed by atoms with Gasteiger partial charge in [0.05, 0.1) is 11.5 Å². The smallest absolute Gasteiger partial charge is 0.151 e. The highest BCUT2D eigenvalue weighted by Gasteiger charge is 1.89. The van der Waals surface area contributed by atoms with Gasteiger partial charge in [-0.3, -0.25) is 0 Å². The van der Waals surface area contributed by atoms with Gasteiger partial charge in [-0.2, -0.15) is 0 Å². The normalized spacial score (nSPS) is 8.77. The van der Waals surface area contributed by atoms with Crippen molar-refractivity contribution in [1.82, 2.24) is 0 Å². The quantitative estimate of drug-likeness (QED) is 0.525. The summed E-state index contributed by atoms with van der Waals surface area (Å²) in [6.07, 6.45) is 0.215. The summed E-state index contributed by atoms with van der Waals surface area (Å²) in [7, 11) is 0. The second kappa shape index (κ2) is 9.29. The van der Waals surface area contributed by atoms with E-state index >= 15 is 0 Å². The van der Waals surface area contributed by atoms with Gasteiger partial charge in [-0.15, -0.1) is 0 Å². The van der Waals surface area contributed by atoms with Crippen molar-refractivity contribution in [3.63, 3.8) is 0 Å². The van der Waals surface area contributed by atoms with Crippen LogP contribution >= 0.6 is 0 Å². The minimum absolute atomic E-state index is 0.486. The maximum atomic E-state index is 8.11. The highest BCUT2D eigenvalue weighted by molar-refractivity contribution is 4.85. The van der Waals surface area contributed by atoms with Crippen LogP contribution in [-0.2, 0) is 4.74 Å². The Morgan fingerprint density at radius 1 is 1.23 bits per heavy atom. The molecule has 3 nitrogen and oxygen atoms in total. The van der Waals surface area contributed by atoms with Crippen LogP contribution in [0, 0.1) is 0 Å². The third kappa shape index (κ3) is 24.7. The van der Waals surface area contributed by atoms with Crippen molar-refractivity contribution < 1.29 is 14.9 Å². The molecule has 13 heavy (non-hydrogen) atoms. The summed E-state index contributed by atoms with van der Waals surface area (Å²) >= 11 is 0. The number of rotatable bonds is 4. The monoisotopic (exact) mass is 188 g/mol. The molecule has 0 aromatic carbocycles. The molecule has 78 valence electrons. The first-order valence-electron chi connectivity index (χ1n) is 4.25. The topological polar surface area (TPSA) is 49.7 Å². The van der Waals surface area contributed by atoms with Crippen LogP contribution in [0.3, 0.4) is 0 Å². The molecule has 0 fully saturated rings. The van der Waals surface area contributed by atoms with E-state index < -0.39 is 6.29 Å². The molecule has 0 aliphatic rings. The first-order valence-corrected chi connectivity index (χ1v) is 4.25. The number of hydrogen-bond donors (Lipinski definition) is 2. The van der Waals surface area contributed by atoms with Crippen molar-refractivity contribution >= 4 is 0 Å². The van der Waals surface area contributed by atoms with E-state index in [2.05, 4.69) is 13.2 Å². The summed E-state index contributed by atoms with van der Waals surface area (Å²) in [4.78, 5) is 0. The zero-order chi connectivity index (χ0) is 10.9. The summed E-state index contributed by atoms with van der Waals surface area (Å²) < 4.78 is 4.86. The number of ether oxygens (including phenoxy) is 1. The van der Waals surface area contributed by atoms with Crippen LogP contribution < -0.4 is 0 Å². The molecular formula is C10H20O3. The largest absolute Gasteiger partial charge is 0.468 e. The maximum Gasteiger partial charge on any atom is 0.151 e. The van der Waals surface area contributed by atoms with Gasteiger partial charge >= 0.3 is 0 Å². The van der Waals surface area contributed by atoms with Gasteiger partial charge in [0.15, 0.2) is 6.29 Å². The molecule has 0 aromatic rings. The molecule has 0 spiro atoms. The van der Waals surface area contributed by atoms with Gasteiger partial charge in [0.2, 0.25) is 0 Å². The van der Waals surface area contributed by atoms with Crippen LogP contribution in [0.5, 0.6) is 0 Å². The Balaban J connectivity index is 0. The fourth-order valence-electron chi connectivity index (χ4n) is 0.556. The lowest BCUT2D eigenvalue weighted by Gasteiger charge is -1.99. The number of allylic oxidation sites excluding steroid dienone is 2. The van der Waals surface area contributed by atoms with Crippen LogP contribution in [0.1, 0.15) is 33.6 Å². The van der Waals surface area contributed by atoms with Gasteiger partial charge in [0, 0.05) is 0 Å². The van der Waals surface area contributed by atoms with Crippen molar-refractivity contribution in [2.45, 2.75) is 39.9 Å². The molecule has 0 aliphatic heterocycles. The molecule has 2 N–H and O–H groups in total. The molecule has 0 unspecified atom stereocenters. The summed E-state index contributed by atoms with van der Waals surface area (Å²) in [5.41, 5.74) is 0. The maximum absolute atomic E-state index is 8.11. The number of aliphatic hydroxyl groups excluding tert-OH is 1. The molecule has 3 heteroatoms. The molecule has 0 heterocycles. The minimum Gasteiger partial charge on any atom is -0.468 e. The van der Waals surface area contributed by atoms with Crippen LogP contribution in [0.25, 0.3) is 0 Å². The lowest BCUT2D eigenvalue weighted by molar-refractivity contribution is -0.0453. The predicted octanol–water partition coefficient (Wildman–Crippen LogP) is 2.17. The van der Waals surface area contributed by atoms with E-state index in [0.29, 0.717) is 17.9 Å². The zero-order valence-corrected chi connectivity index (χ0v) is 8.71. The van der Waals surface area contributed by atoms with Crippen molar-refractivity contribution in [1.29, 1.82) is 0 Å². The molecular weight excluding hydrogens is 168 g/mol. The van der Waals surface area contributed by atoms with Crippen molar-refractivity contribution in [2.24, 2.45) is 0 Å². The Hall–Kier alpha value is -0.800. The van der Waals surface area contributed by atoms with E-state index in [0.717, 1.165) is 6.42 Å². The van der Waals surface area contributed by atoms with Gasteiger partial charge < -0.3 is 14.9 Å². The molecule has 0 saturated heterocycles. The standard InChI is InChI=1S/C6H10O.C4H10O2/c1-5(2)7-6(3)4;1-2-3-4(5)6/h1,3H2,2,4H3;4-6H,2-3H2,1H3. The minimum atomic E-state index is -1.10. The predicted molar refractivity (Wildman–Crippen MR) is 53.8 cm³/mol. The molecule has 0 saturated carbocycles. The molecule has 0 atom stereocenters. The summed E-state index contributed by atoms with van der Waals surface area (Å²) in [6, 6.07) is 0. The van der Waals surface area contributed by atoms with E-state index in [-0.39, 0.29) is 0 Å². The third-order valence-electron chi connectivity index (χ3n) is 0.895. The summed E-state index contributed by atoms with van der Waals surface area (Å²) in [6.45, 7) is 12.5. The zero-order valence-electron chi connectivity index (χ0n) is 8.71. The van der Waals surface area contributed by atoms with Gasteiger partial charge in [-0.05, 0) is 20.3 Å². The van der Waals surface area contributed by atoms with E-state index in [4.69, 9.17) is 14.9 Å². The summed E-state index contributed by atoms with van der Waals surface area (Å²) in [5.74, 6) is 1.38. The molecule has 0 aromatic heterocycles. The van der Waals surface area contributed by atoms with Gasteiger partial charge in [0.25, 0.3) is 0 Å². The Morgan fingerprint density at radius 3 is 1.62 bits per heavy atom. The Labute approximate surface area is 80.4 Å². The van der Waals surface area contributed by atoms with Crippen molar-refractivity contribution in [3.8, 4) is 0 Å². The van der Waals surface area contributed by atoms with E-state index in [1.807, 2.05) is 6.92 Å². The molecule has 0 aliphatic carbocycles. The van der Waals surface area contributed by atoms with Gasteiger partial charge in [0.1, 0.15) is 0 Å². The highest BCUT2D eigenvalue weighted by atomic mass is 16.5. The lowest BCUT2D eigenvalue weighted by Crippen LogP contribution is -2.01. The van der Waals surface area contributed by atoms with Crippen molar-refractivity contribution in [2.75, 3.05) is 0 Å². The second-order valence-electron chi connectivity index (χ2n) is 2.78. The molecule has 0 bridgehead atoms. The van der Waals surface area contributed by atoms with Crippen LogP contribution in [0.2, 0.25) is 0 Å². The number of hydrogen-bond acceptors (Lipinski definition) is 3. The first-order chi connectivity index (χ1) is 5.90. The van der Waals surface area contributed by atoms with Gasteiger partial charge in [-0.25, -0.2) is 0 Å². The van der Waals surface area contributed by atoms with E-state index in [1.54, 1.807) is 13.8 Å². The van der Waals surface area contributed by atoms with Gasteiger partial charge in [-0.1, -0.05) is 26.5 Å². The lowest BCUT2D eigenvalue weighted by atomic mass is 10.3. The average Bonchev–Trinajstić information content (AvgIpc) is 1.83. The SMILES string of the molecule is C=C(C)OC(=C)C.CCCC(O)O. The highest BCUT2D eigenvalue weighted by Crippen LogP contribution is 1.97. The number of aliphatic hydroxyl groups is 2. The first kappa shape index (κ1) is 14.7. The molecule has 0 rings (SSSR count).